The van der Waals surface area contributed by atoms with Crippen LogP contribution in [0.2, 0.25) is 0 Å². The lowest BCUT2D eigenvalue weighted by molar-refractivity contribution is 0.665. The summed E-state index contributed by atoms with van der Waals surface area (Å²) in [6, 6.07) is 81.7. The van der Waals surface area contributed by atoms with Crippen molar-refractivity contribution in [3.05, 3.63) is 246 Å². The first-order chi connectivity index (χ1) is 33.6. The van der Waals surface area contributed by atoms with Gasteiger partial charge >= 0.3 is 0 Å². The molecule has 3 heterocycles. The van der Waals surface area contributed by atoms with E-state index in [0.29, 0.717) is 5.92 Å². The molecule has 10 aromatic carbocycles. The molecule has 0 saturated heterocycles. The van der Waals surface area contributed by atoms with Crippen LogP contribution < -0.4 is 21.1 Å². The molecule has 323 valence electrons. The minimum atomic E-state index is -0.588. The lowest BCUT2D eigenvalue weighted by Crippen LogP contribution is -2.41. The van der Waals surface area contributed by atoms with Crippen LogP contribution in [0.15, 0.2) is 218 Å². The zero-order valence-corrected chi connectivity index (χ0v) is 39.0. The third-order valence-corrected chi connectivity index (χ3v) is 15.9. The molecule has 0 fully saturated rings. The first-order valence-electron chi connectivity index (χ1n) is 24.1. The number of para-hydroxylation sites is 2. The first kappa shape index (κ1) is 40.6. The van der Waals surface area contributed by atoms with Crippen molar-refractivity contribution in [2.24, 2.45) is 0 Å². The lowest BCUT2D eigenvalue weighted by atomic mass is 9.57. The van der Waals surface area contributed by atoms with Gasteiger partial charge in [-0.1, -0.05) is 208 Å². The third-order valence-electron chi connectivity index (χ3n) is 14.8. The average Bonchev–Trinajstić information content (AvgIpc) is 3.76. The Hall–Kier alpha value is -7.66. The highest BCUT2D eigenvalue weighted by molar-refractivity contribution is 7.25. The van der Waals surface area contributed by atoms with Gasteiger partial charge in [0, 0.05) is 43.0 Å². The molecule has 68 heavy (non-hydrogen) atoms. The topological polar surface area (TPSA) is 15.3 Å². The van der Waals surface area contributed by atoms with Crippen molar-refractivity contribution in [3.63, 3.8) is 0 Å². The van der Waals surface area contributed by atoms with Gasteiger partial charge in [0.15, 0.2) is 7.28 Å². The van der Waals surface area contributed by atoms with E-state index in [0.717, 1.165) is 24.2 Å². The summed E-state index contributed by atoms with van der Waals surface area (Å²) in [5.74, 6) is 0.445. The SMILES string of the molecule is CCC[C@H](C)c1ccc(N2c3cc4sc5ccccc5c4cc3[B]c3c2cc2ccccc2c3-c2cccc3c2Nc2ccccc2C3(c2ccccc2)c2ccccc2)c(-c2ccccc2)c1. The van der Waals surface area contributed by atoms with E-state index in [1.807, 2.05) is 11.3 Å². The fraction of sp³-hybridized carbons (Fsp3) is 0.0938. The van der Waals surface area contributed by atoms with E-state index in [-0.39, 0.29) is 0 Å². The van der Waals surface area contributed by atoms with Crippen LogP contribution in [0.1, 0.15) is 60.4 Å². The van der Waals surface area contributed by atoms with E-state index >= 15 is 0 Å². The highest BCUT2D eigenvalue weighted by Gasteiger charge is 2.45. The Morgan fingerprint density at radius 1 is 0.544 bits per heavy atom. The van der Waals surface area contributed by atoms with Crippen LogP contribution in [0.25, 0.3) is 53.2 Å². The van der Waals surface area contributed by atoms with E-state index < -0.39 is 5.41 Å². The Balaban J connectivity index is 1.14. The predicted molar refractivity (Wildman–Crippen MR) is 292 cm³/mol. The molecule has 2 aliphatic heterocycles. The van der Waals surface area contributed by atoms with Crippen molar-refractivity contribution in [1.82, 2.24) is 0 Å². The van der Waals surface area contributed by atoms with Gasteiger partial charge in [-0.3, -0.25) is 0 Å². The number of fused-ring (bicyclic) bond motifs is 8. The normalized spacial score (nSPS) is 13.8. The Morgan fingerprint density at radius 3 is 2.00 bits per heavy atom. The van der Waals surface area contributed by atoms with Crippen LogP contribution in [-0.2, 0) is 5.41 Å². The number of rotatable bonds is 8. The van der Waals surface area contributed by atoms with Crippen molar-refractivity contribution in [3.8, 4) is 22.3 Å². The Bertz CT molecular complexity index is 3690. The van der Waals surface area contributed by atoms with Gasteiger partial charge in [0.25, 0.3) is 0 Å². The molecule has 0 unspecified atom stereocenters. The molecule has 13 rings (SSSR count). The molecular weight excluding hydrogens is 840 g/mol. The van der Waals surface area contributed by atoms with Gasteiger partial charge < -0.3 is 10.2 Å². The molecule has 0 aliphatic carbocycles. The van der Waals surface area contributed by atoms with Crippen molar-refractivity contribution in [2.75, 3.05) is 10.2 Å². The van der Waals surface area contributed by atoms with Crippen molar-refractivity contribution < 1.29 is 0 Å². The fourth-order valence-corrected chi connectivity index (χ4v) is 12.8. The second-order valence-corrected chi connectivity index (χ2v) is 19.7. The number of anilines is 5. The summed E-state index contributed by atoms with van der Waals surface area (Å²) in [5, 5.41) is 9.13. The van der Waals surface area contributed by atoms with Crippen LogP contribution in [0.4, 0.5) is 28.4 Å². The van der Waals surface area contributed by atoms with E-state index in [1.165, 1.54) is 109 Å². The van der Waals surface area contributed by atoms with Crippen molar-refractivity contribution in [1.29, 1.82) is 0 Å². The minimum Gasteiger partial charge on any atom is -0.354 e. The molecule has 0 spiro atoms. The number of hydrogen-bond donors (Lipinski definition) is 1. The molecule has 0 amide bonds. The minimum absolute atomic E-state index is 0.445. The number of nitrogens with zero attached hydrogens (tertiary/aromatic N) is 1. The molecule has 0 saturated carbocycles. The van der Waals surface area contributed by atoms with E-state index in [4.69, 9.17) is 0 Å². The number of benzene rings is 10. The highest BCUT2D eigenvalue weighted by atomic mass is 32.1. The highest BCUT2D eigenvalue weighted by Crippen LogP contribution is 2.56. The Labute approximate surface area is 403 Å². The van der Waals surface area contributed by atoms with Gasteiger partial charge in [-0.05, 0) is 109 Å². The number of nitrogens with one attached hydrogen (secondary N) is 1. The molecule has 4 heteroatoms. The zero-order chi connectivity index (χ0) is 45.3. The summed E-state index contributed by atoms with van der Waals surface area (Å²) in [6.45, 7) is 4.67. The maximum atomic E-state index is 4.11. The molecule has 2 aliphatic rings. The first-order valence-corrected chi connectivity index (χ1v) is 24.9. The third kappa shape index (κ3) is 6.24. The van der Waals surface area contributed by atoms with Gasteiger partial charge in [-0.15, -0.1) is 11.3 Å². The summed E-state index contributed by atoms with van der Waals surface area (Å²) >= 11 is 1.89. The van der Waals surface area contributed by atoms with Crippen molar-refractivity contribution in [2.45, 2.75) is 38.0 Å². The molecule has 1 atom stereocenters. The largest absolute Gasteiger partial charge is 0.354 e. The molecular formula is C64H48BN2S. The Kier molecular flexibility index (Phi) is 9.73. The molecule has 11 aromatic rings. The molecule has 1 aromatic heterocycles. The van der Waals surface area contributed by atoms with Gasteiger partial charge in [0.2, 0.25) is 0 Å². The van der Waals surface area contributed by atoms with E-state index in [9.17, 15) is 0 Å². The quantitative estimate of drug-likeness (QED) is 0.153. The van der Waals surface area contributed by atoms with Crippen molar-refractivity contribution >= 4 is 88.9 Å². The summed E-state index contributed by atoms with van der Waals surface area (Å²) < 4.78 is 2.60. The second-order valence-electron chi connectivity index (χ2n) is 18.6. The predicted octanol–water partition coefficient (Wildman–Crippen LogP) is 16.3. The van der Waals surface area contributed by atoms with Gasteiger partial charge in [-0.2, -0.15) is 0 Å². The van der Waals surface area contributed by atoms with Gasteiger partial charge in [0.05, 0.1) is 16.8 Å². The summed E-state index contributed by atoms with van der Waals surface area (Å²) in [4.78, 5) is 2.59. The summed E-state index contributed by atoms with van der Waals surface area (Å²) in [6.07, 6.45) is 2.29. The summed E-state index contributed by atoms with van der Waals surface area (Å²) in [7, 11) is 2.49. The maximum absolute atomic E-state index is 4.11. The smallest absolute Gasteiger partial charge is 0.197 e. The molecule has 1 N–H and O–H groups in total. The standard InChI is InChI=1S/C64H48BN2S/c1-3-20-41(2)43-35-36-56(50(37-43)42-21-7-4-8-22-42)67-57-40-60-51(48-29-15-18-34-59(48)68-60)39-54(57)65-62-58(67)38-44-23-13-14-28-47(44)61(62)49-30-19-32-53-63(49)66-55-33-17-16-31-52(55)64(53,45-24-9-5-10-25-45)46-26-11-6-12-27-46/h4-19,21-41,66H,3,20H2,1-2H3/t41-/m0/s1. The maximum Gasteiger partial charge on any atom is 0.197 e. The summed E-state index contributed by atoms with van der Waals surface area (Å²) in [5.41, 5.74) is 18.8. The number of hydrogen-bond acceptors (Lipinski definition) is 3. The van der Waals surface area contributed by atoms with E-state index in [2.05, 4.69) is 250 Å². The molecule has 2 nitrogen and oxygen atoms in total. The molecule has 0 bridgehead atoms. The monoisotopic (exact) mass is 887 g/mol. The van der Waals surface area contributed by atoms with Crippen LogP contribution in [0, 0.1) is 0 Å². The van der Waals surface area contributed by atoms with Crippen LogP contribution in [-0.4, -0.2) is 7.28 Å². The zero-order valence-electron chi connectivity index (χ0n) is 38.2. The number of thiophene rings is 1. The fourth-order valence-electron chi connectivity index (χ4n) is 11.7. The average molecular weight is 888 g/mol. The van der Waals surface area contributed by atoms with Crippen LogP contribution >= 0.6 is 11.3 Å². The van der Waals surface area contributed by atoms with E-state index in [1.54, 1.807) is 0 Å². The molecule has 1 radical (unpaired) electrons. The second kappa shape index (κ2) is 16.3. The van der Waals surface area contributed by atoms with Crippen LogP contribution in [0.5, 0.6) is 0 Å². The lowest BCUT2D eigenvalue weighted by Gasteiger charge is -2.43. The Morgan fingerprint density at radius 2 is 1.22 bits per heavy atom. The van der Waals surface area contributed by atoms with Crippen LogP contribution in [0.3, 0.4) is 0 Å². The van der Waals surface area contributed by atoms with Gasteiger partial charge in [-0.25, -0.2) is 0 Å². The van der Waals surface area contributed by atoms with Gasteiger partial charge in [0.1, 0.15) is 0 Å².